The lowest BCUT2D eigenvalue weighted by Crippen LogP contribution is -2.23. The van der Waals surface area contributed by atoms with Crippen LogP contribution in [0.2, 0.25) is 0 Å². The molecule has 1 aromatic carbocycles. The summed E-state index contributed by atoms with van der Waals surface area (Å²) in [6, 6.07) is 5.99. The lowest BCUT2D eigenvalue weighted by atomic mass is 10.1. The molecule has 118 valence electrons. The van der Waals surface area contributed by atoms with E-state index in [1.165, 1.54) is 11.1 Å². The minimum Gasteiger partial charge on any atom is -0.370 e. The van der Waals surface area contributed by atoms with Crippen molar-refractivity contribution >= 4 is 47.4 Å². The number of nitrogens with two attached hydrogens (primary N) is 1. The van der Waals surface area contributed by atoms with Crippen LogP contribution in [0, 0.1) is 0 Å². The van der Waals surface area contributed by atoms with E-state index in [1.54, 1.807) is 0 Å². The summed E-state index contributed by atoms with van der Waals surface area (Å²) >= 11 is -0.0923. The van der Waals surface area contributed by atoms with Gasteiger partial charge in [0.25, 0.3) is 0 Å². The Kier molecular flexibility index (Phi) is 7.11. The molecule has 0 aliphatic heterocycles. The van der Waals surface area contributed by atoms with E-state index < -0.39 is 5.51 Å². The number of aliphatic imine (C=N–C) groups is 1. The van der Waals surface area contributed by atoms with E-state index in [4.69, 9.17) is 5.73 Å². The van der Waals surface area contributed by atoms with Crippen LogP contribution in [0.3, 0.4) is 0 Å². The molecule has 0 spiro atoms. The molecular formula is C13H17F3IN3S. The van der Waals surface area contributed by atoms with E-state index in [1.807, 2.05) is 12.1 Å². The number of benzene rings is 1. The van der Waals surface area contributed by atoms with Gasteiger partial charge in [0.15, 0.2) is 5.96 Å². The molecule has 3 nitrogen and oxygen atoms in total. The van der Waals surface area contributed by atoms with Gasteiger partial charge in [-0.25, -0.2) is 0 Å². The van der Waals surface area contributed by atoms with Crippen molar-refractivity contribution in [1.82, 2.24) is 0 Å². The summed E-state index contributed by atoms with van der Waals surface area (Å²) in [6.07, 6.45) is 3.33. The number of hydrogen-bond acceptors (Lipinski definition) is 2. The Morgan fingerprint density at radius 2 is 2.00 bits per heavy atom. The van der Waals surface area contributed by atoms with Crippen LogP contribution in [0.25, 0.3) is 0 Å². The highest BCUT2D eigenvalue weighted by atomic mass is 127. The van der Waals surface area contributed by atoms with Gasteiger partial charge in [-0.05, 0) is 54.3 Å². The van der Waals surface area contributed by atoms with E-state index in [0.29, 0.717) is 0 Å². The van der Waals surface area contributed by atoms with Gasteiger partial charge in [-0.1, -0.05) is 6.07 Å². The Morgan fingerprint density at radius 3 is 2.71 bits per heavy atom. The standard InChI is InChI=1S/C13H16F3N3S.HI/c14-13(15,16)20-7-6-18-12(17)19-11-5-4-9-2-1-3-10(9)8-11;/h4-5,8H,1-3,6-7H2,(H3,17,18,19);1H. The van der Waals surface area contributed by atoms with E-state index in [-0.39, 0.29) is 54.0 Å². The highest BCUT2D eigenvalue weighted by Gasteiger charge is 2.27. The van der Waals surface area contributed by atoms with Crippen molar-refractivity contribution in [3.05, 3.63) is 29.3 Å². The number of hydrogen-bond donors (Lipinski definition) is 2. The first-order valence-electron chi connectivity index (χ1n) is 6.33. The molecule has 1 aromatic rings. The largest absolute Gasteiger partial charge is 0.441 e. The van der Waals surface area contributed by atoms with Crippen LogP contribution in [0.15, 0.2) is 23.2 Å². The monoisotopic (exact) mass is 431 g/mol. The van der Waals surface area contributed by atoms with Gasteiger partial charge in [0, 0.05) is 11.4 Å². The fourth-order valence-corrected chi connectivity index (χ4v) is 2.58. The average molecular weight is 431 g/mol. The van der Waals surface area contributed by atoms with Gasteiger partial charge in [-0.15, -0.1) is 24.0 Å². The van der Waals surface area contributed by atoms with Crippen molar-refractivity contribution in [2.45, 2.75) is 24.8 Å². The normalized spacial score (nSPS) is 14.5. The minimum atomic E-state index is -4.21. The van der Waals surface area contributed by atoms with Gasteiger partial charge >= 0.3 is 5.51 Å². The molecule has 0 aromatic heterocycles. The molecule has 1 aliphatic rings. The molecule has 0 unspecified atom stereocenters. The summed E-state index contributed by atoms with van der Waals surface area (Å²) in [7, 11) is 0. The average Bonchev–Trinajstić information content (AvgIpc) is 2.81. The molecule has 0 radical (unpaired) electrons. The van der Waals surface area contributed by atoms with Crippen LogP contribution in [0.1, 0.15) is 17.5 Å². The van der Waals surface area contributed by atoms with Gasteiger partial charge < -0.3 is 11.1 Å². The number of aryl methyl sites for hydroxylation is 2. The first-order chi connectivity index (χ1) is 9.44. The predicted molar refractivity (Wildman–Crippen MR) is 92.5 cm³/mol. The lowest BCUT2D eigenvalue weighted by molar-refractivity contribution is -0.0327. The summed E-state index contributed by atoms with van der Waals surface area (Å²) < 4.78 is 35.8. The Labute approximate surface area is 143 Å². The Morgan fingerprint density at radius 1 is 1.29 bits per heavy atom. The molecule has 3 N–H and O–H groups in total. The van der Waals surface area contributed by atoms with Crippen molar-refractivity contribution in [3.8, 4) is 0 Å². The van der Waals surface area contributed by atoms with Crippen molar-refractivity contribution < 1.29 is 13.2 Å². The Hall–Kier alpha value is -0.640. The Balaban J connectivity index is 0.00000220. The molecule has 2 rings (SSSR count). The fraction of sp³-hybridized carbons (Fsp3) is 0.462. The van der Waals surface area contributed by atoms with Gasteiger partial charge in [0.2, 0.25) is 0 Å². The number of guanidine groups is 1. The molecule has 0 atom stereocenters. The number of nitrogens with one attached hydrogen (secondary N) is 1. The first-order valence-corrected chi connectivity index (χ1v) is 7.32. The molecule has 0 amide bonds. The van der Waals surface area contributed by atoms with E-state index in [2.05, 4.69) is 16.4 Å². The zero-order valence-electron chi connectivity index (χ0n) is 11.2. The van der Waals surface area contributed by atoms with Gasteiger partial charge in [0.1, 0.15) is 0 Å². The molecule has 0 bridgehead atoms. The number of alkyl halides is 3. The summed E-state index contributed by atoms with van der Waals surface area (Å²) in [5.41, 5.74) is 4.92. The molecule has 1 aliphatic carbocycles. The van der Waals surface area contributed by atoms with Crippen LogP contribution in [-0.2, 0) is 12.8 Å². The van der Waals surface area contributed by atoms with E-state index in [9.17, 15) is 13.2 Å². The third kappa shape index (κ3) is 6.33. The predicted octanol–water partition coefficient (Wildman–Crippen LogP) is 3.77. The van der Waals surface area contributed by atoms with Crippen LogP contribution < -0.4 is 11.1 Å². The smallest absolute Gasteiger partial charge is 0.370 e. The summed E-state index contributed by atoms with van der Waals surface area (Å²) in [5, 5.41) is 2.91. The second kappa shape index (κ2) is 8.11. The number of fused-ring (bicyclic) bond motifs is 1. The van der Waals surface area contributed by atoms with Crippen LogP contribution in [0.4, 0.5) is 18.9 Å². The third-order valence-electron chi connectivity index (χ3n) is 3.01. The summed E-state index contributed by atoms with van der Waals surface area (Å²) in [4.78, 5) is 3.88. The number of nitrogens with zero attached hydrogens (tertiary/aromatic N) is 1. The minimum absolute atomic E-state index is 0. The molecule has 8 heteroatoms. The van der Waals surface area contributed by atoms with E-state index in [0.717, 1.165) is 24.9 Å². The number of anilines is 1. The highest BCUT2D eigenvalue weighted by Crippen LogP contribution is 2.29. The van der Waals surface area contributed by atoms with Crippen molar-refractivity contribution in [2.75, 3.05) is 17.6 Å². The SMILES string of the molecule is I.NC(=NCCSC(F)(F)F)Nc1ccc2c(c1)CCC2. The second-order valence-electron chi connectivity index (χ2n) is 4.52. The van der Waals surface area contributed by atoms with Gasteiger partial charge in [0.05, 0.1) is 6.54 Å². The Bertz CT molecular complexity index is 506. The zero-order chi connectivity index (χ0) is 14.6. The molecule has 0 fully saturated rings. The quantitative estimate of drug-likeness (QED) is 0.330. The van der Waals surface area contributed by atoms with Gasteiger partial charge in [-0.3, -0.25) is 4.99 Å². The lowest BCUT2D eigenvalue weighted by Gasteiger charge is -2.08. The zero-order valence-corrected chi connectivity index (χ0v) is 14.4. The van der Waals surface area contributed by atoms with Gasteiger partial charge in [-0.2, -0.15) is 13.2 Å². The number of halogens is 4. The van der Waals surface area contributed by atoms with E-state index >= 15 is 0 Å². The molecule has 0 heterocycles. The van der Waals surface area contributed by atoms with Crippen molar-refractivity contribution in [3.63, 3.8) is 0 Å². The summed E-state index contributed by atoms with van der Waals surface area (Å²) in [6.45, 7) is 0.0357. The number of thioether (sulfide) groups is 1. The van der Waals surface area contributed by atoms with Crippen LogP contribution >= 0.6 is 35.7 Å². The summed E-state index contributed by atoms with van der Waals surface area (Å²) in [5.74, 6) is 0.0153. The first kappa shape index (κ1) is 18.4. The van der Waals surface area contributed by atoms with Crippen molar-refractivity contribution in [1.29, 1.82) is 0 Å². The maximum absolute atomic E-state index is 11.9. The molecule has 0 saturated carbocycles. The maximum Gasteiger partial charge on any atom is 0.441 e. The molecule has 21 heavy (non-hydrogen) atoms. The van der Waals surface area contributed by atoms with Crippen LogP contribution in [0.5, 0.6) is 0 Å². The third-order valence-corrected chi connectivity index (χ3v) is 3.72. The number of rotatable bonds is 4. The molecular weight excluding hydrogens is 414 g/mol. The highest BCUT2D eigenvalue weighted by molar-refractivity contribution is 14.0. The second-order valence-corrected chi connectivity index (χ2v) is 5.68. The maximum atomic E-state index is 11.9. The van der Waals surface area contributed by atoms with Crippen LogP contribution in [-0.4, -0.2) is 23.8 Å². The topological polar surface area (TPSA) is 50.4 Å². The molecule has 0 saturated heterocycles. The fourth-order valence-electron chi connectivity index (χ4n) is 2.16. The van der Waals surface area contributed by atoms with Crippen molar-refractivity contribution in [2.24, 2.45) is 10.7 Å².